The second kappa shape index (κ2) is 29.1. The van der Waals surface area contributed by atoms with Gasteiger partial charge in [-0.1, -0.05) is 98.8 Å². The molecule has 4 fully saturated rings. The second-order valence-electron chi connectivity index (χ2n) is 15.6. The summed E-state index contributed by atoms with van der Waals surface area (Å²) in [4.78, 5) is 19.8. The maximum atomic E-state index is 6.84. The standard InChI is InChI=1S/C21H42Cl2N4.C17H34Cl2N4.2Mn/c1-3-4-5-6-7-8-12-25-14-10-21(22,23)27-19-15-24(2)11-9-13-26(17-16-25)18-20-27;1-3-4-8-21-10-6-17(18,19)23-15-11-20(2)7-5-9-22(13-12-21)14-16-23;;/h3-20H2,1-2H3;3-16H2,1-2H3;;. The van der Waals surface area contributed by atoms with Gasteiger partial charge < -0.3 is 29.4 Å². The Morgan fingerprint density at radius 2 is 0.788 bits per heavy atom. The van der Waals surface area contributed by atoms with Gasteiger partial charge in [0.25, 0.3) is 0 Å². The SMILES string of the molecule is CCCCCCCCN1CCN2CCCN(C)CCN(CC2)C(Cl)(Cl)CC1.CCCCN1CCN2CCCN(C)CCN(CC2)C(Cl)(Cl)CC1.[Mn].[Mn]. The molecule has 8 nitrogen and oxygen atoms in total. The van der Waals surface area contributed by atoms with E-state index in [-0.39, 0.29) is 34.1 Å². The third kappa shape index (κ3) is 21.0. The molecule has 4 heterocycles. The third-order valence-corrected chi connectivity index (χ3v) is 13.1. The predicted octanol–water partition coefficient (Wildman–Crippen LogP) is 6.68. The van der Waals surface area contributed by atoms with Gasteiger partial charge in [-0.25, -0.2) is 0 Å². The van der Waals surface area contributed by atoms with E-state index in [9.17, 15) is 0 Å². The normalized spacial score (nSPS) is 29.1. The van der Waals surface area contributed by atoms with E-state index in [0.717, 1.165) is 111 Å². The molecule has 14 heteroatoms. The van der Waals surface area contributed by atoms with Crippen molar-refractivity contribution in [2.75, 3.05) is 145 Å². The molecule has 4 aliphatic rings. The van der Waals surface area contributed by atoms with Gasteiger partial charge in [0.1, 0.15) is 0 Å². The van der Waals surface area contributed by atoms with E-state index in [0.29, 0.717) is 0 Å². The van der Waals surface area contributed by atoms with Crippen molar-refractivity contribution in [1.82, 2.24) is 39.2 Å². The van der Waals surface area contributed by atoms with E-state index in [1.807, 2.05) is 0 Å². The molecule has 0 amide bonds. The maximum Gasteiger partial charge on any atom is 0.172 e. The van der Waals surface area contributed by atoms with E-state index in [1.165, 1.54) is 96.9 Å². The number of unbranched alkanes of at least 4 members (excludes halogenated alkanes) is 6. The van der Waals surface area contributed by atoms with Gasteiger partial charge in [0.05, 0.1) is 0 Å². The molecule has 0 N–H and O–H groups in total. The summed E-state index contributed by atoms with van der Waals surface area (Å²) in [5.74, 6) is 0. The Bertz CT molecular complexity index is 883. The largest absolute Gasteiger partial charge is 0.305 e. The van der Waals surface area contributed by atoms with Crippen LogP contribution in [0, 0.1) is 0 Å². The molecular weight excluding hydrogens is 820 g/mol. The van der Waals surface area contributed by atoms with Crippen LogP contribution in [-0.4, -0.2) is 193 Å². The number of rotatable bonds is 10. The summed E-state index contributed by atoms with van der Waals surface area (Å²) in [6, 6.07) is 0. The van der Waals surface area contributed by atoms with Crippen LogP contribution in [0.4, 0.5) is 0 Å². The molecule has 0 aromatic carbocycles. The smallest absolute Gasteiger partial charge is 0.172 e. The Morgan fingerprint density at radius 3 is 1.25 bits per heavy atom. The fourth-order valence-electron chi connectivity index (χ4n) is 7.64. The monoisotopic (exact) mass is 894 g/mol. The van der Waals surface area contributed by atoms with Crippen LogP contribution in [0.2, 0.25) is 0 Å². The molecule has 0 saturated carbocycles. The number of halogens is 4. The molecule has 4 unspecified atom stereocenters. The first-order chi connectivity index (χ1) is 24.0. The molecule has 4 saturated heterocycles. The summed E-state index contributed by atoms with van der Waals surface area (Å²) < 4.78 is -1.49. The molecule has 52 heavy (non-hydrogen) atoms. The van der Waals surface area contributed by atoms with Gasteiger partial charge in [0.15, 0.2) is 8.91 Å². The Balaban J connectivity index is 0.000000506. The topological polar surface area (TPSA) is 25.9 Å². The molecule has 4 aliphatic heterocycles. The van der Waals surface area contributed by atoms with Gasteiger partial charge in [-0.3, -0.25) is 9.80 Å². The van der Waals surface area contributed by atoms with Crippen molar-refractivity contribution >= 4 is 46.4 Å². The van der Waals surface area contributed by atoms with Crippen LogP contribution in [0.3, 0.4) is 0 Å². The fraction of sp³-hybridized carbons (Fsp3) is 1.00. The third-order valence-electron chi connectivity index (χ3n) is 11.4. The first-order valence-electron chi connectivity index (χ1n) is 20.5. The van der Waals surface area contributed by atoms with Gasteiger partial charge in [-0.05, 0) is 79.0 Å². The Kier molecular flexibility index (Phi) is 29.1. The van der Waals surface area contributed by atoms with E-state index >= 15 is 0 Å². The number of likely N-dealkylation sites (N-methyl/N-ethyl adjacent to an activating group) is 2. The van der Waals surface area contributed by atoms with Crippen molar-refractivity contribution in [2.45, 2.75) is 99.8 Å². The van der Waals surface area contributed by atoms with Crippen molar-refractivity contribution < 1.29 is 34.1 Å². The second-order valence-corrected chi connectivity index (χ2v) is 18.5. The zero-order valence-corrected chi connectivity index (χ0v) is 38.9. The molecule has 4 bridgehead atoms. The van der Waals surface area contributed by atoms with Crippen LogP contribution in [0.1, 0.15) is 90.9 Å². The molecule has 4 atom stereocenters. The number of hydrogen-bond donors (Lipinski definition) is 0. The molecule has 0 aliphatic carbocycles. The average Bonchev–Trinajstić information content (AvgIpc) is 3.08. The van der Waals surface area contributed by atoms with E-state index in [1.54, 1.807) is 0 Å². The van der Waals surface area contributed by atoms with Crippen LogP contribution in [0.15, 0.2) is 0 Å². The summed E-state index contributed by atoms with van der Waals surface area (Å²) in [5, 5.41) is 0. The minimum atomic E-state index is -0.748. The first kappa shape index (κ1) is 51.9. The van der Waals surface area contributed by atoms with Crippen LogP contribution < -0.4 is 0 Å². The number of nitrogens with zero attached hydrogens (tertiary/aromatic N) is 8. The summed E-state index contributed by atoms with van der Waals surface area (Å²) in [6.07, 6.45) is 14.8. The number of fused-ring (bicyclic) bond motifs is 6. The van der Waals surface area contributed by atoms with Crippen molar-refractivity contribution in [2.24, 2.45) is 0 Å². The van der Waals surface area contributed by atoms with Gasteiger partial charge >= 0.3 is 0 Å². The quantitative estimate of drug-likeness (QED) is 0.104. The first-order valence-corrected chi connectivity index (χ1v) is 22.1. The molecule has 4 rings (SSSR count). The van der Waals surface area contributed by atoms with Crippen molar-refractivity contribution in [3.63, 3.8) is 0 Å². The van der Waals surface area contributed by atoms with Gasteiger partial charge in [0.2, 0.25) is 0 Å². The van der Waals surface area contributed by atoms with Crippen LogP contribution in [-0.2, 0) is 34.1 Å². The van der Waals surface area contributed by atoms with Crippen molar-refractivity contribution in [3.05, 3.63) is 0 Å². The molecule has 0 spiro atoms. The van der Waals surface area contributed by atoms with E-state index in [2.05, 4.69) is 67.1 Å². The van der Waals surface area contributed by atoms with Crippen molar-refractivity contribution in [1.29, 1.82) is 0 Å². The molecular formula is C38H76Cl4Mn2N8. The molecule has 0 aromatic heterocycles. The summed E-state index contributed by atoms with van der Waals surface area (Å²) in [7, 11) is 4.41. The van der Waals surface area contributed by atoms with E-state index in [4.69, 9.17) is 46.4 Å². The van der Waals surface area contributed by atoms with E-state index < -0.39 is 8.91 Å². The zero-order chi connectivity index (χ0) is 36.2. The maximum absolute atomic E-state index is 6.84. The number of hydrogen-bond acceptors (Lipinski definition) is 8. The molecule has 310 valence electrons. The van der Waals surface area contributed by atoms with Gasteiger partial charge in [-0.15, -0.1) is 0 Å². The van der Waals surface area contributed by atoms with Crippen LogP contribution >= 0.6 is 46.4 Å². The minimum absolute atomic E-state index is 0. The Hall–Kier alpha value is 1.88. The number of alkyl halides is 4. The van der Waals surface area contributed by atoms with Gasteiger partial charge in [0, 0.05) is 139 Å². The Morgan fingerprint density at radius 1 is 0.404 bits per heavy atom. The minimum Gasteiger partial charge on any atom is -0.305 e. The molecule has 2 radical (unpaired) electrons. The summed E-state index contributed by atoms with van der Waals surface area (Å²) >= 11 is 27.2. The summed E-state index contributed by atoms with van der Waals surface area (Å²) in [5.41, 5.74) is 0. The average molecular weight is 897 g/mol. The van der Waals surface area contributed by atoms with Crippen LogP contribution in [0.5, 0.6) is 0 Å². The zero-order valence-electron chi connectivity index (χ0n) is 33.5. The predicted molar refractivity (Wildman–Crippen MR) is 220 cm³/mol. The van der Waals surface area contributed by atoms with Crippen molar-refractivity contribution in [3.8, 4) is 0 Å². The Labute approximate surface area is 362 Å². The fourth-order valence-corrected chi connectivity index (χ4v) is 8.66. The van der Waals surface area contributed by atoms with Crippen LogP contribution in [0.25, 0.3) is 0 Å². The summed E-state index contributed by atoms with van der Waals surface area (Å²) in [6.45, 7) is 26.3. The molecule has 0 aromatic rings. The van der Waals surface area contributed by atoms with Gasteiger partial charge in [-0.2, -0.15) is 0 Å².